The molecule has 0 saturated heterocycles. The number of aryl methyl sites for hydroxylation is 1. The summed E-state index contributed by atoms with van der Waals surface area (Å²) in [6.45, 7) is 0.0138. The van der Waals surface area contributed by atoms with E-state index in [1.54, 1.807) is 36.4 Å². The number of benzene rings is 4. The molecule has 1 heterocycles. The number of halogens is 1. The van der Waals surface area contributed by atoms with E-state index < -0.39 is 22.0 Å². The molecule has 4 aromatic carbocycles. The maximum atomic E-state index is 13.1. The van der Waals surface area contributed by atoms with E-state index in [0.717, 1.165) is 39.0 Å². The number of aromatic nitrogens is 1. The molecule has 0 spiro atoms. The second kappa shape index (κ2) is 18.1. The van der Waals surface area contributed by atoms with Crippen LogP contribution in [0.5, 0.6) is 0 Å². The lowest BCUT2D eigenvalue weighted by atomic mass is 9.88. The molecule has 0 bridgehead atoms. The van der Waals surface area contributed by atoms with E-state index in [-0.39, 0.29) is 23.1 Å². The molecular weight excluding hydrogens is 744 g/mol. The highest BCUT2D eigenvalue weighted by Gasteiger charge is 2.23. The molecule has 0 aliphatic heterocycles. The number of hydrogen-bond acceptors (Lipinski definition) is 8. The highest BCUT2D eigenvalue weighted by Crippen LogP contribution is 2.38. The van der Waals surface area contributed by atoms with Crippen molar-refractivity contribution in [2.24, 2.45) is 0 Å². The summed E-state index contributed by atoms with van der Waals surface area (Å²) in [5.74, 6) is 6.31. The first-order valence-electron chi connectivity index (χ1n) is 16.9. The van der Waals surface area contributed by atoms with Gasteiger partial charge in [-0.1, -0.05) is 65.9 Å². The third kappa shape index (κ3) is 9.57. The Bertz CT molecular complexity index is 2280. The number of aliphatic hydroxyl groups excluding tert-OH is 2. The van der Waals surface area contributed by atoms with Crippen LogP contribution in [0.1, 0.15) is 45.9 Å². The van der Waals surface area contributed by atoms with Gasteiger partial charge in [0.2, 0.25) is 0 Å². The number of nitro groups is 1. The van der Waals surface area contributed by atoms with Crippen LogP contribution < -0.4 is 9.44 Å². The average molecular weight is 779 g/mol. The summed E-state index contributed by atoms with van der Waals surface area (Å²) in [7, 11) is -1.76. The Morgan fingerprint density at radius 2 is 1.74 bits per heavy atom. The fraction of sp³-hybridized carbons (Fsp3) is 0.146. The highest BCUT2D eigenvalue weighted by atomic mass is 35.5. The zero-order valence-electron chi connectivity index (χ0n) is 28.7. The quantitative estimate of drug-likeness (QED) is 0.0289. The predicted octanol–water partition coefficient (Wildman–Crippen LogP) is 8.44. The van der Waals surface area contributed by atoms with Crippen LogP contribution >= 0.6 is 23.5 Å². The van der Waals surface area contributed by atoms with Crippen LogP contribution in [0.15, 0.2) is 136 Å². The van der Waals surface area contributed by atoms with Crippen LogP contribution in [0, 0.1) is 22.0 Å². The minimum atomic E-state index is -1.76. The van der Waals surface area contributed by atoms with Gasteiger partial charge in [0, 0.05) is 57.0 Å². The molecule has 0 saturated carbocycles. The number of carbonyl (C=O) groups is 1. The molecule has 1 aromatic heterocycles. The van der Waals surface area contributed by atoms with Crippen LogP contribution in [0.2, 0.25) is 0 Å². The Morgan fingerprint density at radius 1 is 1.04 bits per heavy atom. The summed E-state index contributed by atoms with van der Waals surface area (Å²) in [6.07, 6.45) is 8.69. The average Bonchev–Trinajstić information content (AvgIpc) is 3.58. The van der Waals surface area contributed by atoms with Crippen LogP contribution in [0.25, 0.3) is 11.1 Å². The lowest BCUT2D eigenvalue weighted by Crippen LogP contribution is -2.15. The number of rotatable bonds is 14. The fourth-order valence-electron chi connectivity index (χ4n) is 5.82. The van der Waals surface area contributed by atoms with Crippen molar-refractivity contribution in [1.82, 2.24) is 4.57 Å². The minimum absolute atomic E-state index is 0.00489. The summed E-state index contributed by atoms with van der Waals surface area (Å²) in [5, 5.41) is 31.7. The van der Waals surface area contributed by atoms with E-state index in [4.69, 9.17) is 11.6 Å². The summed E-state index contributed by atoms with van der Waals surface area (Å²) in [6, 6.07) is 28.5. The molecule has 3 unspecified atom stereocenters. The number of anilines is 2. The summed E-state index contributed by atoms with van der Waals surface area (Å²) in [4.78, 5) is 24.9. The first kappa shape index (κ1) is 38.3. The van der Waals surface area contributed by atoms with E-state index in [1.807, 2.05) is 83.6 Å². The highest BCUT2D eigenvalue weighted by molar-refractivity contribution is 8.00. The van der Waals surface area contributed by atoms with Gasteiger partial charge < -0.3 is 24.2 Å². The Kier molecular flexibility index (Phi) is 12.8. The molecule has 0 amide bonds. The number of nitrogens with zero attached hydrogens (tertiary/aromatic N) is 2. The Labute approximate surface area is 324 Å². The van der Waals surface area contributed by atoms with Gasteiger partial charge in [-0.3, -0.25) is 14.9 Å². The number of aldehydes is 1. The van der Waals surface area contributed by atoms with Gasteiger partial charge in [-0.15, -0.1) is 0 Å². The molecule has 1 aliphatic carbocycles. The van der Waals surface area contributed by atoms with E-state index in [2.05, 4.69) is 21.3 Å². The van der Waals surface area contributed by atoms with Crippen molar-refractivity contribution in [2.75, 3.05) is 16.1 Å². The largest absolute Gasteiger partial charge is 0.394 e. The van der Waals surface area contributed by atoms with Crippen LogP contribution in [-0.4, -0.2) is 42.9 Å². The molecular formula is C41H35ClN4O6S2. The minimum Gasteiger partial charge on any atom is -0.394 e. The van der Waals surface area contributed by atoms with Gasteiger partial charge in [0.05, 0.1) is 28.2 Å². The Morgan fingerprint density at radius 3 is 2.37 bits per heavy atom. The van der Waals surface area contributed by atoms with E-state index in [1.165, 1.54) is 18.0 Å². The zero-order chi connectivity index (χ0) is 38.0. The first-order chi connectivity index (χ1) is 26.2. The summed E-state index contributed by atoms with van der Waals surface area (Å²) >= 11 is 7.43. The molecule has 54 heavy (non-hydrogen) atoms. The number of allylic oxidation sites excluding steroid dienone is 4. The van der Waals surface area contributed by atoms with Crippen molar-refractivity contribution >= 4 is 57.9 Å². The van der Waals surface area contributed by atoms with Gasteiger partial charge in [-0.2, -0.15) is 0 Å². The van der Waals surface area contributed by atoms with Crippen LogP contribution in [0.3, 0.4) is 0 Å². The monoisotopic (exact) mass is 778 g/mol. The lowest BCUT2D eigenvalue weighted by molar-refractivity contribution is -0.384. The zero-order valence-corrected chi connectivity index (χ0v) is 31.1. The third-order valence-corrected chi connectivity index (χ3v) is 10.9. The van der Waals surface area contributed by atoms with E-state index >= 15 is 0 Å². The lowest BCUT2D eigenvalue weighted by Gasteiger charge is -2.16. The topological polar surface area (TPSA) is 147 Å². The second-order valence-electron chi connectivity index (χ2n) is 12.3. The normalized spacial score (nSPS) is 14.6. The maximum Gasteiger partial charge on any atom is 0.294 e. The van der Waals surface area contributed by atoms with Crippen molar-refractivity contribution in [3.63, 3.8) is 0 Å². The molecule has 13 heteroatoms. The molecule has 5 aromatic rings. The number of carbonyl (C=O) groups excluding carboxylic acids is 1. The Balaban J connectivity index is 1.14. The molecule has 10 nitrogen and oxygen atoms in total. The Hall–Kier alpha value is -5.42. The summed E-state index contributed by atoms with van der Waals surface area (Å²) < 4.78 is 20.8. The second-order valence-corrected chi connectivity index (χ2v) is 14.8. The molecule has 1 aliphatic rings. The van der Waals surface area contributed by atoms with Crippen molar-refractivity contribution in [3.8, 4) is 23.0 Å². The summed E-state index contributed by atoms with van der Waals surface area (Å²) in [5.41, 5.74) is 5.25. The van der Waals surface area contributed by atoms with E-state index in [9.17, 15) is 29.3 Å². The van der Waals surface area contributed by atoms with Gasteiger partial charge in [0.1, 0.15) is 5.69 Å². The van der Waals surface area contributed by atoms with Crippen molar-refractivity contribution in [3.05, 3.63) is 159 Å². The van der Waals surface area contributed by atoms with Crippen LogP contribution in [0.4, 0.5) is 17.1 Å². The molecule has 274 valence electrons. The number of nitrogens with one attached hydrogen (secondary N) is 2. The smallest absolute Gasteiger partial charge is 0.294 e. The molecule has 0 radical (unpaired) electrons. The maximum absolute atomic E-state index is 13.1. The number of nitro benzene ring substituents is 1. The number of hydrogen-bond donors (Lipinski definition) is 4. The van der Waals surface area contributed by atoms with Gasteiger partial charge in [0.15, 0.2) is 17.3 Å². The van der Waals surface area contributed by atoms with Crippen molar-refractivity contribution in [1.29, 1.82) is 0 Å². The molecule has 3 atom stereocenters. The van der Waals surface area contributed by atoms with E-state index in [0.29, 0.717) is 41.5 Å². The van der Waals surface area contributed by atoms with Gasteiger partial charge in [0.25, 0.3) is 5.69 Å². The number of aliphatic hydroxyl groups is 2. The van der Waals surface area contributed by atoms with Crippen molar-refractivity contribution < 1.29 is 24.1 Å². The molecule has 6 rings (SSSR count). The molecule has 4 N–H and O–H groups in total. The predicted molar refractivity (Wildman–Crippen MR) is 215 cm³/mol. The first-order valence-corrected chi connectivity index (χ1v) is 19.2. The van der Waals surface area contributed by atoms with Gasteiger partial charge in [-0.05, 0) is 103 Å². The van der Waals surface area contributed by atoms with Crippen molar-refractivity contribution in [2.45, 2.75) is 41.2 Å². The standard InChI is InChI=1S/C41H35ClN4O6S2/c42-32-16-14-30(15-17-32)37-25-45(23-22-34(49)26-47)40(27-48)41(37)31-12-8-28(9-13-31)6-7-29-10-18-33(19-11-29)44-54(52)36-20-21-38(39(24-36)46(50)51)43-53-35-4-2-1-3-5-35/h1-5,8-14,16-21,24-25,27,30,34,43-44,47,49H,15,22-23,26H2. The SMILES string of the molecule is O=Cc1c(-c2ccc(C#Cc3ccc(NS(=O)c4ccc(NSc5ccccc5)c([N+](=O)[O-])c4)cc3)cc2)c(C2C=CC(Cl)=CC2)cn1CCC(O)CO. The fourth-order valence-corrected chi connectivity index (χ4v) is 7.56. The van der Waals surface area contributed by atoms with Crippen LogP contribution in [-0.2, 0) is 17.5 Å². The third-order valence-electron chi connectivity index (χ3n) is 8.65. The van der Waals surface area contributed by atoms with Gasteiger partial charge >= 0.3 is 0 Å². The van der Waals surface area contributed by atoms with Gasteiger partial charge in [-0.25, -0.2) is 4.21 Å². The molecule has 0 fully saturated rings.